The first-order chi connectivity index (χ1) is 9.22. The molecule has 0 aliphatic heterocycles. The maximum atomic E-state index is 12.3. The van der Waals surface area contributed by atoms with E-state index in [-0.39, 0.29) is 17.4 Å². The Morgan fingerprint density at radius 3 is 2.63 bits per heavy atom. The summed E-state index contributed by atoms with van der Waals surface area (Å²) in [5, 5.41) is 9.67. The summed E-state index contributed by atoms with van der Waals surface area (Å²) in [6, 6.07) is 8.59. The van der Waals surface area contributed by atoms with Gasteiger partial charge in [0.2, 0.25) is 0 Å². The fourth-order valence-corrected chi connectivity index (χ4v) is 1.73. The van der Waals surface area contributed by atoms with Gasteiger partial charge in [-0.1, -0.05) is 6.07 Å². The molecule has 2 aromatic rings. The monoisotopic (exact) mass is 257 g/mol. The van der Waals surface area contributed by atoms with Gasteiger partial charge in [-0.2, -0.15) is 0 Å². The first-order valence-electron chi connectivity index (χ1n) is 6.05. The molecular formula is C14H15N3O2. The molecule has 98 valence electrons. The fourth-order valence-electron chi connectivity index (χ4n) is 1.73. The van der Waals surface area contributed by atoms with Crippen molar-refractivity contribution in [1.82, 2.24) is 14.9 Å². The highest BCUT2D eigenvalue weighted by Crippen LogP contribution is 2.16. The highest BCUT2D eigenvalue weighted by molar-refractivity contribution is 5.94. The summed E-state index contributed by atoms with van der Waals surface area (Å²) in [4.78, 5) is 22.0. The number of carbonyl (C=O) groups is 1. The molecule has 0 saturated carbocycles. The van der Waals surface area contributed by atoms with Crippen LogP contribution in [0.25, 0.3) is 0 Å². The SMILES string of the molecule is CCN(Cc1ccccn1)C(=O)c1ncccc1O. The minimum absolute atomic E-state index is 0.0697. The largest absolute Gasteiger partial charge is 0.505 e. The van der Waals surface area contributed by atoms with E-state index in [1.807, 2.05) is 25.1 Å². The second kappa shape index (κ2) is 5.95. The Balaban J connectivity index is 2.18. The maximum Gasteiger partial charge on any atom is 0.276 e. The standard InChI is InChI=1S/C14H15N3O2/c1-2-17(10-11-6-3-4-8-15-11)14(19)13-12(18)7-5-9-16-13/h3-9,18H,2,10H2,1H3. The van der Waals surface area contributed by atoms with Crippen LogP contribution in [0.2, 0.25) is 0 Å². The molecule has 2 heterocycles. The number of hydrogen-bond acceptors (Lipinski definition) is 4. The van der Waals surface area contributed by atoms with Crippen LogP contribution in [0.5, 0.6) is 5.75 Å². The summed E-state index contributed by atoms with van der Waals surface area (Å²) in [5.74, 6) is -0.404. The van der Waals surface area contributed by atoms with E-state index >= 15 is 0 Å². The van der Waals surface area contributed by atoms with Crippen molar-refractivity contribution in [3.05, 3.63) is 54.1 Å². The maximum absolute atomic E-state index is 12.3. The quantitative estimate of drug-likeness (QED) is 0.907. The Kier molecular flexibility index (Phi) is 4.07. The zero-order chi connectivity index (χ0) is 13.7. The summed E-state index contributed by atoms with van der Waals surface area (Å²) in [5.41, 5.74) is 0.869. The van der Waals surface area contributed by atoms with Crippen LogP contribution in [0.4, 0.5) is 0 Å². The normalized spacial score (nSPS) is 10.2. The molecule has 0 spiro atoms. The molecule has 0 aliphatic rings. The number of rotatable bonds is 4. The molecule has 2 aromatic heterocycles. The van der Waals surface area contributed by atoms with Gasteiger partial charge in [-0.15, -0.1) is 0 Å². The van der Waals surface area contributed by atoms with Gasteiger partial charge in [0.1, 0.15) is 5.75 Å². The first kappa shape index (κ1) is 13.0. The van der Waals surface area contributed by atoms with Gasteiger partial charge in [-0.25, -0.2) is 4.98 Å². The number of amides is 1. The molecule has 1 amide bonds. The van der Waals surface area contributed by atoms with Crippen molar-refractivity contribution in [2.45, 2.75) is 13.5 Å². The summed E-state index contributed by atoms with van der Waals surface area (Å²) in [7, 11) is 0. The van der Waals surface area contributed by atoms with Crippen LogP contribution in [0.3, 0.4) is 0 Å². The number of carbonyl (C=O) groups excluding carboxylic acids is 1. The lowest BCUT2D eigenvalue weighted by Gasteiger charge is -2.20. The van der Waals surface area contributed by atoms with Crippen LogP contribution in [-0.4, -0.2) is 32.4 Å². The van der Waals surface area contributed by atoms with E-state index in [4.69, 9.17) is 0 Å². The van der Waals surface area contributed by atoms with E-state index in [2.05, 4.69) is 9.97 Å². The summed E-state index contributed by atoms with van der Waals surface area (Å²) in [6.07, 6.45) is 3.17. The second-order valence-corrected chi connectivity index (χ2v) is 4.01. The van der Waals surface area contributed by atoms with Crippen molar-refractivity contribution in [1.29, 1.82) is 0 Å². The van der Waals surface area contributed by atoms with Gasteiger partial charge in [-0.05, 0) is 31.2 Å². The van der Waals surface area contributed by atoms with Crippen LogP contribution in [0, 0.1) is 0 Å². The number of aromatic nitrogens is 2. The van der Waals surface area contributed by atoms with Crippen molar-refractivity contribution >= 4 is 5.91 Å². The van der Waals surface area contributed by atoms with Crippen molar-refractivity contribution in [2.24, 2.45) is 0 Å². The molecule has 5 nitrogen and oxygen atoms in total. The molecular weight excluding hydrogens is 242 g/mol. The molecule has 0 aromatic carbocycles. The smallest absolute Gasteiger partial charge is 0.276 e. The van der Waals surface area contributed by atoms with E-state index in [9.17, 15) is 9.90 Å². The molecule has 0 aliphatic carbocycles. The summed E-state index contributed by atoms with van der Waals surface area (Å²) in [6.45, 7) is 2.79. The molecule has 0 atom stereocenters. The van der Waals surface area contributed by atoms with Crippen molar-refractivity contribution in [2.75, 3.05) is 6.54 Å². The van der Waals surface area contributed by atoms with Crippen molar-refractivity contribution < 1.29 is 9.90 Å². The Bertz CT molecular complexity index is 558. The van der Waals surface area contributed by atoms with E-state index in [1.165, 1.54) is 12.3 Å². The fraction of sp³-hybridized carbons (Fsp3) is 0.214. The molecule has 1 N–H and O–H groups in total. The third-order valence-corrected chi connectivity index (χ3v) is 2.74. The van der Waals surface area contributed by atoms with Crippen LogP contribution < -0.4 is 0 Å². The Labute approximate surface area is 111 Å². The van der Waals surface area contributed by atoms with E-state index in [1.54, 1.807) is 17.2 Å². The van der Waals surface area contributed by atoms with Crippen molar-refractivity contribution in [3.63, 3.8) is 0 Å². The van der Waals surface area contributed by atoms with Crippen LogP contribution in [-0.2, 0) is 6.54 Å². The van der Waals surface area contributed by atoms with Crippen LogP contribution in [0.15, 0.2) is 42.7 Å². The molecule has 0 radical (unpaired) electrons. The zero-order valence-corrected chi connectivity index (χ0v) is 10.7. The molecule has 5 heteroatoms. The average Bonchev–Trinajstić information content (AvgIpc) is 2.46. The lowest BCUT2D eigenvalue weighted by Crippen LogP contribution is -2.31. The average molecular weight is 257 g/mol. The number of pyridine rings is 2. The lowest BCUT2D eigenvalue weighted by atomic mass is 10.2. The minimum Gasteiger partial charge on any atom is -0.505 e. The Morgan fingerprint density at radius 2 is 2.00 bits per heavy atom. The van der Waals surface area contributed by atoms with Gasteiger partial charge >= 0.3 is 0 Å². The molecule has 0 fully saturated rings. The first-order valence-corrected chi connectivity index (χ1v) is 6.05. The van der Waals surface area contributed by atoms with Gasteiger partial charge in [0.25, 0.3) is 5.91 Å². The molecule has 19 heavy (non-hydrogen) atoms. The number of hydrogen-bond donors (Lipinski definition) is 1. The molecule has 0 saturated heterocycles. The highest BCUT2D eigenvalue weighted by Gasteiger charge is 2.19. The third-order valence-electron chi connectivity index (χ3n) is 2.74. The highest BCUT2D eigenvalue weighted by atomic mass is 16.3. The molecule has 2 rings (SSSR count). The number of aromatic hydroxyl groups is 1. The van der Waals surface area contributed by atoms with Crippen molar-refractivity contribution in [3.8, 4) is 5.75 Å². The number of nitrogens with zero attached hydrogens (tertiary/aromatic N) is 3. The second-order valence-electron chi connectivity index (χ2n) is 4.01. The summed E-state index contributed by atoms with van der Waals surface area (Å²) >= 11 is 0. The van der Waals surface area contributed by atoms with Crippen LogP contribution >= 0.6 is 0 Å². The van der Waals surface area contributed by atoms with Gasteiger partial charge in [0.15, 0.2) is 5.69 Å². The van der Waals surface area contributed by atoms with E-state index < -0.39 is 0 Å². The Morgan fingerprint density at radius 1 is 1.21 bits per heavy atom. The third kappa shape index (κ3) is 3.07. The van der Waals surface area contributed by atoms with Crippen LogP contribution in [0.1, 0.15) is 23.1 Å². The van der Waals surface area contributed by atoms with E-state index in [0.717, 1.165) is 5.69 Å². The van der Waals surface area contributed by atoms with Gasteiger partial charge in [0, 0.05) is 18.9 Å². The molecule has 0 unspecified atom stereocenters. The lowest BCUT2D eigenvalue weighted by molar-refractivity contribution is 0.0741. The van der Waals surface area contributed by atoms with Gasteiger partial charge in [0.05, 0.1) is 12.2 Å². The predicted molar refractivity (Wildman–Crippen MR) is 70.6 cm³/mol. The van der Waals surface area contributed by atoms with E-state index in [0.29, 0.717) is 13.1 Å². The van der Waals surface area contributed by atoms with Gasteiger partial charge in [-0.3, -0.25) is 9.78 Å². The Hall–Kier alpha value is -2.43. The predicted octanol–water partition coefficient (Wildman–Crippen LogP) is 1.84. The molecule has 0 bridgehead atoms. The van der Waals surface area contributed by atoms with Gasteiger partial charge < -0.3 is 10.0 Å². The zero-order valence-electron chi connectivity index (χ0n) is 10.7. The summed E-state index contributed by atoms with van der Waals surface area (Å²) < 4.78 is 0. The topological polar surface area (TPSA) is 66.3 Å². The minimum atomic E-state index is -0.300.